The summed E-state index contributed by atoms with van der Waals surface area (Å²) < 4.78 is 0. The smallest absolute Gasteiger partial charge is 0.0725 e. The van der Waals surface area contributed by atoms with Crippen molar-refractivity contribution in [3.8, 4) is 22.3 Å². The Kier molecular flexibility index (Phi) is 7.47. The summed E-state index contributed by atoms with van der Waals surface area (Å²) in [6, 6.07) is 51.8. The van der Waals surface area contributed by atoms with Gasteiger partial charge in [0.25, 0.3) is 0 Å². The molecule has 0 radical (unpaired) electrons. The molecule has 0 fully saturated rings. The summed E-state index contributed by atoms with van der Waals surface area (Å²) in [6.07, 6.45) is 6.45. The molecule has 0 aliphatic heterocycles. The summed E-state index contributed by atoms with van der Waals surface area (Å²) >= 11 is 0. The van der Waals surface area contributed by atoms with Gasteiger partial charge in [-0.25, -0.2) is 0 Å². The van der Waals surface area contributed by atoms with Crippen LogP contribution < -0.4 is 0 Å². The first-order valence-corrected chi connectivity index (χ1v) is 18.2. The van der Waals surface area contributed by atoms with E-state index in [-0.39, 0.29) is 11.5 Å². The van der Waals surface area contributed by atoms with Gasteiger partial charge in [-0.2, -0.15) is 0 Å². The molecule has 0 saturated carbocycles. The molecule has 0 N–H and O–H groups in total. The number of aliphatic imine (C=N–C) groups is 1. The molecule has 0 amide bonds. The minimum atomic E-state index is -0.334. The molecule has 0 aromatic heterocycles. The van der Waals surface area contributed by atoms with Gasteiger partial charge in [0.1, 0.15) is 0 Å². The van der Waals surface area contributed by atoms with Gasteiger partial charge in [0.15, 0.2) is 0 Å². The third-order valence-corrected chi connectivity index (χ3v) is 11.5. The van der Waals surface area contributed by atoms with Crippen molar-refractivity contribution in [2.24, 2.45) is 4.99 Å². The number of allylic oxidation sites excluding steroid dienone is 5. The van der Waals surface area contributed by atoms with Crippen molar-refractivity contribution in [2.75, 3.05) is 0 Å². The lowest BCUT2D eigenvalue weighted by atomic mass is 9.70. The van der Waals surface area contributed by atoms with Crippen molar-refractivity contribution in [3.63, 3.8) is 0 Å². The van der Waals surface area contributed by atoms with E-state index < -0.39 is 0 Å². The maximum Gasteiger partial charge on any atom is 0.0725 e. The Labute approximate surface area is 302 Å². The number of rotatable bonds is 6. The summed E-state index contributed by atoms with van der Waals surface area (Å²) in [6.45, 7) is 10.8. The second kappa shape index (κ2) is 12.2. The van der Waals surface area contributed by atoms with Crippen LogP contribution in [-0.2, 0) is 5.41 Å². The molecule has 1 heteroatoms. The summed E-state index contributed by atoms with van der Waals surface area (Å²) in [7, 11) is 0. The second-order valence-electron chi connectivity index (χ2n) is 14.3. The van der Waals surface area contributed by atoms with Gasteiger partial charge >= 0.3 is 0 Å². The highest BCUT2D eigenvalue weighted by Gasteiger charge is 2.51. The lowest BCUT2D eigenvalue weighted by Crippen LogP contribution is -2.26. The first-order chi connectivity index (χ1) is 25.0. The zero-order valence-electron chi connectivity index (χ0n) is 29.6. The standard InChI is InChI=1S/C50H41N/c1-5-35-23-24-38(30-45(35)40-27-25-37(29-32(40)2)34(4)51-33(3)36-15-7-6-8-16-36)39-26-28-44-43-19-11-14-22-48(43)50(49(44)31-39)46-20-12-9-17-41(46)42-18-10-13-21-47(42)50/h5-22,25-31,33H,1,23-24H2,2-4H3/b51-34+. The summed E-state index contributed by atoms with van der Waals surface area (Å²) in [5.74, 6) is 0. The number of fused-ring (bicyclic) bond motifs is 10. The normalized spacial score (nSPS) is 15.9. The maximum absolute atomic E-state index is 5.06. The fourth-order valence-corrected chi connectivity index (χ4v) is 9.09. The molecule has 1 nitrogen and oxygen atoms in total. The molecule has 6 aromatic carbocycles. The molecule has 3 aliphatic carbocycles. The number of aryl methyl sites for hydroxylation is 1. The average Bonchev–Trinajstić information content (AvgIpc) is 3.65. The van der Waals surface area contributed by atoms with Crippen LogP contribution in [0.25, 0.3) is 33.4 Å². The quantitative estimate of drug-likeness (QED) is 0.158. The lowest BCUT2D eigenvalue weighted by Gasteiger charge is -2.31. The zero-order chi connectivity index (χ0) is 34.7. The van der Waals surface area contributed by atoms with E-state index in [1.54, 1.807) is 0 Å². The molecule has 1 spiro atoms. The van der Waals surface area contributed by atoms with Gasteiger partial charge in [-0.1, -0.05) is 146 Å². The average molecular weight is 656 g/mol. The molecule has 0 bridgehead atoms. The van der Waals surface area contributed by atoms with Gasteiger partial charge in [-0.05, 0) is 135 Å². The Bertz CT molecular complexity index is 2410. The van der Waals surface area contributed by atoms with E-state index in [1.165, 1.54) is 89.0 Å². The van der Waals surface area contributed by atoms with E-state index in [2.05, 4.69) is 179 Å². The Balaban J connectivity index is 1.14. The molecule has 51 heavy (non-hydrogen) atoms. The number of benzene rings is 6. The first-order valence-electron chi connectivity index (χ1n) is 18.2. The van der Waals surface area contributed by atoms with Crippen LogP contribution in [-0.4, -0.2) is 5.71 Å². The molecule has 1 unspecified atom stereocenters. The molecular formula is C50H41N. The topological polar surface area (TPSA) is 12.4 Å². The minimum Gasteiger partial charge on any atom is -0.282 e. The fourth-order valence-electron chi connectivity index (χ4n) is 9.09. The van der Waals surface area contributed by atoms with E-state index in [4.69, 9.17) is 4.99 Å². The summed E-state index contributed by atoms with van der Waals surface area (Å²) in [4.78, 5) is 5.06. The highest BCUT2D eigenvalue weighted by molar-refractivity contribution is 6.00. The van der Waals surface area contributed by atoms with E-state index in [0.717, 1.165) is 18.6 Å². The van der Waals surface area contributed by atoms with Gasteiger partial charge in [0.05, 0.1) is 11.5 Å². The monoisotopic (exact) mass is 655 g/mol. The summed E-state index contributed by atoms with van der Waals surface area (Å²) in [5, 5.41) is 0. The highest BCUT2D eigenvalue weighted by atomic mass is 14.8. The SMILES string of the molecule is C=CC1=C(c2ccc(/C(C)=N/C(C)c3ccccc3)cc2C)C=C(c2ccc3c(c2)C2(c4ccccc4-c4ccccc42)c2ccccc2-3)CC1. The van der Waals surface area contributed by atoms with Crippen LogP contribution in [0.5, 0.6) is 0 Å². The predicted molar refractivity (Wildman–Crippen MR) is 215 cm³/mol. The van der Waals surface area contributed by atoms with Gasteiger partial charge < -0.3 is 0 Å². The van der Waals surface area contributed by atoms with Crippen LogP contribution in [0.1, 0.15) is 82.8 Å². The molecule has 0 heterocycles. The van der Waals surface area contributed by atoms with E-state index >= 15 is 0 Å². The van der Waals surface area contributed by atoms with Crippen LogP contribution in [0.2, 0.25) is 0 Å². The maximum atomic E-state index is 5.06. The molecular weight excluding hydrogens is 615 g/mol. The molecule has 3 aliphatic rings. The van der Waals surface area contributed by atoms with Gasteiger partial charge in [-0.15, -0.1) is 0 Å². The molecule has 1 atom stereocenters. The van der Waals surface area contributed by atoms with Crippen LogP contribution in [0, 0.1) is 6.92 Å². The van der Waals surface area contributed by atoms with Crippen LogP contribution in [0.3, 0.4) is 0 Å². The van der Waals surface area contributed by atoms with Crippen molar-refractivity contribution in [1.82, 2.24) is 0 Å². The van der Waals surface area contributed by atoms with Gasteiger partial charge in [0.2, 0.25) is 0 Å². The summed E-state index contributed by atoms with van der Waals surface area (Å²) in [5.41, 5.74) is 21.8. The Morgan fingerprint density at radius 1 is 0.647 bits per heavy atom. The van der Waals surface area contributed by atoms with E-state index in [0.29, 0.717) is 0 Å². The number of hydrogen-bond acceptors (Lipinski definition) is 1. The van der Waals surface area contributed by atoms with Gasteiger partial charge in [-0.3, -0.25) is 4.99 Å². The van der Waals surface area contributed by atoms with Gasteiger partial charge in [0, 0.05) is 5.71 Å². The third kappa shape index (κ3) is 4.79. The molecule has 246 valence electrons. The third-order valence-electron chi connectivity index (χ3n) is 11.5. The predicted octanol–water partition coefficient (Wildman–Crippen LogP) is 12.7. The van der Waals surface area contributed by atoms with Crippen LogP contribution >= 0.6 is 0 Å². The van der Waals surface area contributed by atoms with Crippen LogP contribution in [0.15, 0.2) is 169 Å². The van der Waals surface area contributed by atoms with E-state index in [9.17, 15) is 0 Å². The molecule has 6 aromatic rings. The Morgan fingerprint density at radius 3 is 1.82 bits per heavy atom. The molecule has 0 saturated heterocycles. The molecule has 9 rings (SSSR count). The number of nitrogens with zero attached hydrogens (tertiary/aromatic N) is 1. The largest absolute Gasteiger partial charge is 0.282 e. The van der Waals surface area contributed by atoms with Crippen molar-refractivity contribution >= 4 is 16.9 Å². The Hall–Kier alpha value is -5.79. The van der Waals surface area contributed by atoms with Crippen LogP contribution in [0.4, 0.5) is 0 Å². The van der Waals surface area contributed by atoms with Crippen molar-refractivity contribution in [2.45, 2.75) is 45.1 Å². The second-order valence-corrected chi connectivity index (χ2v) is 14.3. The lowest BCUT2D eigenvalue weighted by molar-refractivity contribution is 0.793. The van der Waals surface area contributed by atoms with E-state index in [1.807, 2.05) is 0 Å². The zero-order valence-corrected chi connectivity index (χ0v) is 29.6. The highest BCUT2D eigenvalue weighted by Crippen LogP contribution is 2.63. The van der Waals surface area contributed by atoms with Crippen molar-refractivity contribution < 1.29 is 0 Å². The Morgan fingerprint density at radius 2 is 1.22 bits per heavy atom. The minimum absolute atomic E-state index is 0.107. The first kappa shape index (κ1) is 31.2. The number of hydrogen-bond donors (Lipinski definition) is 0. The van der Waals surface area contributed by atoms with Crippen molar-refractivity contribution in [1.29, 1.82) is 0 Å². The fraction of sp³-hybridized carbons (Fsp3) is 0.140. The van der Waals surface area contributed by atoms with Crippen molar-refractivity contribution in [3.05, 3.63) is 214 Å².